The van der Waals surface area contributed by atoms with Crippen molar-refractivity contribution in [3.05, 3.63) is 12.3 Å². The van der Waals surface area contributed by atoms with Crippen LogP contribution in [-0.4, -0.2) is 36.6 Å². The molecule has 0 saturated carbocycles. The molecule has 4 heteroatoms. The molecule has 0 aromatic carbocycles. The molecule has 0 N–H and O–H groups in total. The maximum absolute atomic E-state index is 4.70. The summed E-state index contributed by atoms with van der Waals surface area (Å²) in [6.45, 7) is 9.70. The fourth-order valence-corrected chi connectivity index (χ4v) is 2.07. The first kappa shape index (κ1) is 15.7. The van der Waals surface area contributed by atoms with Crippen molar-refractivity contribution >= 4 is 11.8 Å². The average molecular weight is 264 g/mol. The standard InChI is InChI=1S/C15H28N4/c1-5-8-13-18(4)14-9-10-16-15(17-14)19(11-6-2)12-7-3/h9-10H,5-8,11-13H2,1-4H3. The maximum atomic E-state index is 4.70. The van der Waals surface area contributed by atoms with Crippen molar-refractivity contribution in [2.24, 2.45) is 0 Å². The Hall–Kier alpha value is -1.32. The van der Waals surface area contributed by atoms with Gasteiger partial charge in [0.1, 0.15) is 5.82 Å². The Kier molecular flexibility index (Phi) is 7.23. The number of aromatic nitrogens is 2. The van der Waals surface area contributed by atoms with E-state index >= 15 is 0 Å². The monoisotopic (exact) mass is 264 g/mol. The van der Waals surface area contributed by atoms with Crippen molar-refractivity contribution in [1.82, 2.24) is 9.97 Å². The summed E-state index contributed by atoms with van der Waals surface area (Å²) in [5.74, 6) is 1.89. The molecule has 0 saturated heterocycles. The second-order valence-corrected chi connectivity index (χ2v) is 4.98. The predicted molar refractivity (Wildman–Crippen MR) is 83.0 cm³/mol. The van der Waals surface area contributed by atoms with Crippen molar-refractivity contribution in [3.8, 4) is 0 Å². The van der Waals surface area contributed by atoms with Gasteiger partial charge in [-0.1, -0.05) is 27.2 Å². The molecule has 0 aliphatic rings. The highest BCUT2D eigenvalue weighted by molar-refractivity contribution is 5.43. The molecule has 0 fully saturated rings. The van der Waals surface area contributed by atoms with Crippen LogP contribution in [0.1, 0.15) is 46.5 Å². The van der Waals surface area contributed by atoms with Crippen LogP contribution in [0.4, 0.5) is 11.8 Å². The highest BCUT2D eigenvalue weighted by atomic mass is 15.3. The number of hydrogen-bond acceptors (Lipinski definition) is 4. The van der Waals surface area contributed by atoms with Crippen molar-refractivity contribution in [2.45, 2.75) is 46.5 Å². The molecule has 19 heavy (non-hydrogen) atoms. The van der Waals surface area contributed by atoms with Crippen LogP contribution in [0, 0.1) is 0 Å². The lowest BCUT2D eigenvalue weighted by Crippen LogP contribution is -2.28. The van der Waals surface area contributed by atoms with E-state index in [0.717, 1.165) is 44.2 Å². The first-order valence-electron chi connectivity index (χ1n) is 7.52. The topological polar surface area (TPSA) is 32.3 Å². The second kappa shape index (κ2) is 8.73. The summed E-state index contributed by atoms with van der Waals surface area (Å²) < 4.78 is 0. The fourth-order valence-electron chi connectivity index (χ4n) is 2.07. The van der Waals surface area contributed by atoms with Crippen LogP contribution in [0.3, 0.4) is 0 Å². The third kappa shape index (κ3) is 5.05. The molecular formula is C15H28N4. The van der Waals surface area contributed by atoms with E-state index in [1.165, 1.54) is 12.8 Å². The van der Waals surface area contributed by atoms with Gasteiger partial charge in [-0.2, -0.15) is 4.98 Å². The molecule has 4 nitrogen and oxygen atoms in total. The SMILES string of the molecule is CCCCN(C)c1ccnc(N(CCC)CCC)n1. The average Bonchev–Trinajstić information content (AvgIpc) is 2.44. The van der Waals surface area contributed by atoms with Crippen molar-refractivity contribution in [2.75, 3.05) is 36.5 Å². The highest BCUT2D eigenvalue weighted by Gasteiger charge is 2.10. The Labute approximate surface area is 117 Å². The van der Waals surface area contributed by atoms with E-state index in [4.69, 9.17) is 4.98 Å². The van der Waals surface area contributed by atoms with Crippen LogP contribution in [0.15, 0.2) is 12.3 Å². The maximum Gasteiger partial charge on any atom is 0.227 e. The van der Waals surface area contributed by atoms with Gasteiger partial charge in [0.2, 0.25) is 5.95 Å². The molecule has 108 valence electrons. The summed E-state index contributed by atoms with van der Waals surface area (Å²) in [6.07, 6.45) is 6.53. The zero-order valence-electron chi connectivity index (χ0n) is 12.9. The van der Waals surface area contributed by atoms with Gasteiger partial charge < -0.3 is 9.80 Å². The Balaban J connectivity index is 2.78. The predicted octanol–water partition coefficient (Wildman–Crippen LogP) is 3.34. The van der Waals surface area contributed by atoms with Crippen LogP contribution in [-0.2, 0) is 0 Å². The third-order valence-electron chi connectivity index (χ3n) is 3.14. The molecule has 0 spiro atoms. The number of unbranched alkanes of at least 4 members (excludes halogenated alkanes) is 1. The molecule has 1 heterocycles. The molecule has 0 atom stereocenters. The Morgan fingerprint density at radius 2 is 1.68 bits per heavy atom. The van der Waals surface area contributed by atoms with Gasteiger partial charge in [0.15, 0.2) is 0 Å². The second-order valence-electron chi connectivity index (χ2n) is 4.98. The smallest absolute Gasteiger partial charge is 0.227 e. The summed E-state index contributed by atoms with van der Waals surface area (Å²) in [4.78, 5) is 13.6. The quantitative estimate of drug-likeness (QED) is 0.685. The highest BCUT2D eigenvalue weighted by Crippen LogP contribution is 2.15. The van der Waals surface area contributed by atoms with Crippen LogP contribution in [0.5, 0.6) is 0 Å². The van der Waals surface area contributed by atoms with E-state index in [9.17, 15) is 0 Å². The normalized spacial score (nSPS) is 10.5. The van der Waals surface area contributed by atoms with Crippen molar-refractivity contribution < 1.29 is 0 Å². The summed E-state index contributed by atoms with van der Waals surface area (Å²) in [7, 11) is 2.10. The number of hydrogen-bond donors (Lipinski definition) is 0. The summed E-state index contributed by atoms with van der Waals surface area (Å²) in [6, 6.07) is 2.00. The molecule has 0 amide bonds. The van der Waals surface area contributed by atoms with Gasteiger partial charge in [0, 0.05) is 32.9 Å². The number of rotatable bonds is 9. The zero-order valence-corrected chi connectivity index (χ0v) is 12.9. The lowest BCUT2D eigenvalue weighted by Gasteiger charge is -2.23. The first-order chi connectivity index (χ1) is 9.22. The van der Waals surface area contributed by atoms with E-state index in [0.29, 0.717) is 0 Å². The van der Waals surface area contributed by atoms with Gasteiger partial charge >= 0.3 is 0 Å². The number of anilines is 2. The van der Waals surface area contributed by atoms with Gasteiger partial charge in [-0.25, -0.2) is 4.98 Å². The van der Waals surface area contributed by atoms with Crippen LogP contribution in [0.25, 0.3) is 0 Å². The van der Waals surface area contributed by atoms with Gasteiger partial charge in [0.05, 0.1) is 0 Å². The Bertz CT molecular complexity index is 348. The molecule has 0 aliphatic heterocycles. The molecule has 0 radical (unpaired) electrons. The molecule has 0 aliphatic carbocycles. The van der Waals surface area contributed by atoms with Gasteiger partial charge in [0.25, 0.3) is 0 Å². The van der Waals surface area contributed by atoms with Gasteiger partial charge in [-0.15, -0.1) is 0 Å². The Morgan fingerprint density at radius 3 is 2.26 bits per heavy atom. The third-order valence-corrected chi connectivity index (χ3v) is 3.14. The molecule has 0 unspecified atom stereocenters. The summed E-state index contributed by atoms with van der Waals surface area (Å²) in [5.41, 5.74) is 0. The van der Waals surface area contributed by atoms with E-state index in [-0.39, 0.29) is 0 Å². The minimum atomic E-state index is 0.865. The summed E-state index contributed by atoms with van der Waals surface area (Å²) >= 11 is 0. The minimum Gasteiger partial charge on any atom is -0.360 e. The Morgan fingerprint density at radius 1 is 1.00 bits per heavy atom. The van der Waals surface area contributed by atoms with Gasteiger partial charge in [-0.3, -0.25) is 0 Å². The molecule has 0 bridgehead atoms. The largest absolute Gasteiger partial charge is 0.360 e. The van der Waals surface area contributed by atoms with E-state index in [1.54, 1.807) is 0 Å². The fraction of sp³-hybridized carbons (Fsp3) is 0.733. The van der Waals surface area contributed by atoms with E-state index < -0.39 is 0 Å². The van der Waals surface area contributed by atoms with E-state index in [2.05, 4.69) is 42.6 Å². The first-order valence-corrected chi connectivity index (χ1v) is 7.52. The van der Waals surface area contributed by atoms with Gasteiger partial charge in [-0.05, 0) is 25.3 Å². The summed E-state index contributed by atoms with van der Waals surface area (Å²) in [5, 5.41) is 0. The van der Waals surface area contributed by atoms with Crippen LogP contribution in [0.2, 0.25) is 0 Å². The molecular weight excluding hydrogens is 236 g/mol. The molecule has 1 aromatic rings. The number of nitrogens with zero attached hydrogens (tertiary/aromatic N) is 4. The minimum absolute atomic E-state index is 0.865. The van der Waals surface area contributed by atoms with Crippen molar-refractivity contribution in [3.63, 3.8) is 0 Å². The molecule has 1 aromatic heterocycles. The molecule has 1 rings (SSSR count). The van der Waals surface area contributed by atoms with Crippen molar-refractivity contribution in [1.29, 1.82) is 0 Å². The lowest BCUT2D eigenvalue weighted by molar-refractivity contribution is 0.715. The van der Waals surface area contributed by atoms with Crippen LogP contribution >= 0.6 is 0 Å². The zero-order chi connectivity index (χ0) is 14.1. The van der Waals surface area contributed by atoms with E-state index in [1.807, 2.05) is 12.3 Å². The van der Waals surface area contributed by atoms with Crippen LogP contribution < -0.4 is 9.80 Å². The lowest BCUT2D eigenvalue weighted by atomic mass is 10.3.